The molecular formula is C13H22N4O. The van der Waals surface area contributed by atoms with Crippen LogP contribution in [0.1, 0.15) is 25.7 Å². The number of amides is 1. The van der Waals surface area contributed by atoms with E-state index in [2.05, 4.69) is 20.7 Å². The Bertz CT molecular complexity index is 341. The van der Waals surface area contributed by atoms with Gasteiger partial charge in [0, 0.05) is 18.4 Å². The Hall–Kier alpha value is -0.940. The third kappa shape index (κ3) is 2.57. The predicted molar refractivity (Wildman–Crippen MR) is 70.3 cm³/mol. The number of fused-ring (bicyclic) bond motifs is 3. The average molecular weight is 250 g/mol. The molecule has 2 N–H and O–H groups in total. The minimum atomic E-state index is 0.112. The third-order valence-electron chi connectivity index (χ3n) is 4.46. The molecule has 0 aromatic carbocycles. The van der Waals surface area contributed by atoms with Gasteiger partial charge in [-0.05, 0) is 51.9 Å². The monoisotopic (exact) mass is 250 g/mol. The van der Waals surface area contributed by atoms with Crippen LogP contribution >= 0.6 is 0 Å². The topological polar surface area (TPSA) is 56.7 Å². The lowest BCUT2D eigenvalue weighted by atomic mass is 9.87. The molecule has 0 aliphatic carbocycles. The van der Waals surface area contributed by atoms with Crippen LogP contribution in [0, 0.1) is 11.8 Å². The standard InChI is InChI=1S/C13H22N4O/c18-13(11-1-5-14-6-2-11)16-15-12-9-17-7-3-10(12)4-8-17/h10-11,14H,1-9H2,(H,16,18). The van der Waals surface area contributed by atoms with E-state index in [1.165, 1.54) is 31.6 Å². The highest BCUT2D eigenvalue weighted by molar-refractivity contribution is 5.91. The lowest BCUT2D eigenvalue weighted by Gasteiger charge is -2.39. The number of hydrogen-bond donors (Lipinski definition) is 2. The quantitative estimate of drug-likeness (QED) is 0.688. The van der Waals surface area contributed by atoms with Crippen LogP contribution in [0.4, 0.5) is 0 Å². The summed E-state index contributed by atoms with van der Waals surface area (Å²) in [5.41, 5.74) is 3.99. The molecule has 0 atom stereocenters. The highest BCUT2D eigenvalue weighted by atomic mass is 16.2. The molecule has 2 bridgehead atoms. The van der Waals surface area contributed by atoms with Crippen LogP contribution in [0.5, 0.6) is 0 Å². The van der Waals surface area contributed by atoms with Gasteiger partial charge in [-0.25, -0.2) is 5.43 Å². The molecule has 0 aromatic rings. The first-order valence-electron chi connectivity index (χ1n) is 7.12. The number of hydrazone groups is 1. The minimum Gasteiger partial charge on any atom is -0.317 e. The van der Waals surface area contributed by atoms with Gasteiger partial charge in [0.15, 0.2) is 0 Å². The summed E-state index contributed by atoms with van der Waals surface area (Å²) >= 11 is 0. The SMILES string of the molecule is O=C(NN=C1CN2CCC1CC2)C1CCNCC1. The van der Waals surface area contributed by atoms with Gasteiger partial charge >= 0.3 is 0 Å². The molecule has 100 valence electrons. The first-order valence-corrected chi connectivity index (χ1v) is 7.12. The van der Waals surface area contributed by atoms with Crippen LogP contribution in [0.15, 0.2) is 5.10 Å². The number of rotatable bonds is 2. The molecule has 1 amide bonds. The largest absolute Gasteiger partial charge is 0.317 e. The predicted octanol–water partition coefficient (Wildman–Crippen LogP) is 0.184. The van der Waals surface area contributed by atoms with Gasteiger partial charge in [-0.15, -0.1) is 0 Å². The highest BCUT2D eigenvalue weighted by Gasteiger charge is 2.31. The summed E-state index contributed by atoms with van der Waals surface area (Å²) < 4.78 is 0. The third-order valence-corrected chi connectivity index (χ3v) is 4.46. The Kier molecular flexibility index (Phi) is 3.61. The van der Waals surface area contributed by atoms with Crippen LogP contribution in [-0.2, 0) is 4.79 Å². The first-order chi connectivity index (χ1) is 8.83. The number of carbonyl (C=O) groups is 1. The second kappa shape index (κ2) is 5.36. The molecule has 0 aromatic heterocycles. The highest BCUT2D eigenvalue weighted by Crippen LogP contribution is 2.25. The van der Waals surface area contributed by atoms with Gasteiger partial charge in [-0.3, -0.25) is 9.69 Å². The Morgan fingerprint density at radius 2 is 1.94 bits per heavy atom. The second-order valence-electron chi connectivity index (χ2n) is 5.65. The van der Waals surface area contributed by atoms with Crippen molar-refractivity contribution in [3.8, 4) is 0 Å². The van der Waals surface area contributed by atoms with Crippen molar-refractivity contribution < 1.29 is 4.79 Å². The van der Waals surface area contributed by atoms with Crippen LogP contribution in [0.2, 0.25) is 0 Å². The molecule has 4 fully saturated rings. The van der Waals surface area contributed by atoms with Crippen LogP contribution in [0.3, 0.4) is 0 Å². The fourth-order valence-electron chi connectivity index (χ4n) is 3.21. The van der Waals surface area contributed by atoms with E-state index in [0.29, 0.717) is 5.92 Å². The van der Waals surface area contributed by atoms with E-state index in [1.807, 2.05) is 0 Å². The number of nitrogens with one attached hydrogen (secondary N) is 2. The van der Waals surface area contributed by atoms with E-state index in [4.69, 9.17) is 0 Å². The van der Waals surface area contributed by atoms with Gasteiger partial charge < -0.3 is 5.32 Å². The summed E-state index contributed by atoms with van der Waals surface area (Å²) in [4.78, 5) is 14.4. The van der Waals surface area contributed by atoms with Crippen molar-refractivity contribution in [3.63, 3.8) is 0 Å². The van der Waals surface area contributed by atoms with Crippen molar-refractivity contribution in [3.05, 3.63) is 0 Å². The number of piperidine rings is 4. The van der Waals surface area contributed by atoms with Crippen molar-refractivity contribution in [2.75, 3.05) is 32.7 Å². The van der Waals surface area contributed by atoms with Gasteiger partial charge in [0.2, 0.25) is 5.91 Å². The van der Waals surface area contributed by atoms with Crippen molar-refractivity contribution >= 4 is 11.6 Å². The van der Waals surface area contributed by atoms with E-state index in [0.717, 1.165) is 32.5 Å². The maximum atomic E-state index is 12.0. The van der Waals surface area contributed by atoms with Crippen molar-refractivity contribution in [2.45, 2.75) is 25.7 Å². The molecule has 5 heteroatoms. The molecule has 18 heavy (non-hydrogen) atoms. The van der Waals surface area contributed by atoms with Gasteiger partial charge in [-0.1, -0.05) is 0 Å². The molecule has 4 heterocycles. The molecule has 4 aliphatic rings. The number of carbonyl (C=O) groups excluding carboxylic acids is 1. The summed E-state index contributed by atoms with van der Waals surface area (Å²) in [6.45, 7) is 5.26. The Labute approximate surface area is 108 Å². The molecule has 0 spiro atoms. The van der Waals surface area contributed by atoms with Gasteiger partial charge in [-0.2, -0.15) is 5.10 Å². The zero-order chi connectivity index (χ0) is 12.4. The fourth-order valence-corrected chi connectivity index (χ4v) is 3.21. The van der Waals surface area contributed by atoms with Crippen LogP contribution < -0.4 is 10.7 Å². The summed E-state index contributed by atoms with van der Waals surface area (Å²) in [5.74, 6) is 0.875. The van der Waals surface area contributed by atoms with Crippen molar-refractivity contribution in [2.24, 2.45) is 16.9 Å². The first kappa shape index (κ1) is 12.1. The molecule has 5 nitrogen and oxygen atoms in total. The lowest BCUT2D eigenvalue weighted by molar-refractivity contribution is -0.125. The molecule has 4 aliphatic heterocycles. The van der Waals surface area contributed by atoms with E-state index < -0.39 is 0 Å². The smallest absolute Gasteiger partial charge is 0.243 e. The summed E-state index contributed by atoms with van der Waals surface area (Å²) in [6.07, 6.45) is 4.29. The summed E-state index contributed by atoms with van der Waals surface area (Å²) in [7, 11) is 0. The molecule has 4 rings (SSSR count). The summed E-state index contributed by atoms with van der Waals surface area (Å²) in [6, 6.07) is 0. The van der Waals surface area contributed by atoms with Crippen LogP contribution in [-0.4, -0.2) is 49.2 Å². The molecule has 4 saturated heterocycles. The van der Waals surface area contributed by atoms with Gasteiger partial charge in [0.25, 0.3) is 0 Å². The average Bonchev–Trinajstić information content (AvgIpc) is 2.47. The molecule has 0 radical (unpaired) electrons. The minimum absolute atomic E-state index is 0.112. The van der Waals surface area contributed by atoms with E-state index in [9.17, 15) is 4.79 Å². The van der Waals surface area contributed by atoms with E-state index in [1.54, 1.807) is 0 Å². The van der Waals surface area contributed by atoms with Crippen molar-refractivity contribution in [1.82, 2.24) is 15.6 Å². The molecular weight excluding hydrogens is 228 g/mol. The Morgan fingerprint density at radius 3 is 2.56 bits per heavy atom. The van der Waals surface area contributed by atoms with Crippen molar-refractivity contribution in [1.29, 1.82) is 0 Å². The zero-order valence-electron chi connectivity index (χ0n) is 10.8. The van der Waals surface area contributed by atoms with Crippen LogP contribution in [0.25, 0.3) is 0 Å². The number of nitrogens with zero attached hydrogens (tertiary/aromatic N) is 2. The second-order valence-corrected chi connectivity index (χ2v) is 5.65. The Balaban J connectivity index is 1.55. The van der Waals surface area contributed by atoms with Gasteiger partial charge in [0.1, 0.15) is 0 Å². The van der Waals surface area contributed by atoms with E-state index >= 15 is 0 Å². The fraction of sp³-hybridized carbons (Fsp3) is 0.846. The Morgan fingerprint density at radius 1 is 1.22 bits per heavy atom. The lowest BCUT2D eigenvalue weighted by Crippen LogP contribution is -2.48. The zero-order valence-corrected chi connectivity index (χ0v) is 10.8. The van der Waals surface area contributed by atoms with E-state index in [-0.39, 0.29) is 11.8 Å². The molecule has 0 unspecified atom stereocenters. The van der Waals surface area contributed by atoms with Gasteiger partial charge in [0.05, 0.1) is 5.71 Å². The summed E-state index contributed by atoms with van der Waals surface area (Å²) in [5, 5.41) is 7.67. The maximum Gasteiger partial charge on any atom is 0.243 e. The maximum absolute atomic E-state index is 12.0. The number of hydrogen-bond acceptors (Lipinski definition) is 4. The molecule has 0 saturated carbocycles. The normalized spacial score (nSPS) is 34.8.